The highest BCUT2D eigenvalue weighted by Gasteiger charge is 2.42. The highest BCUT2D eigenvalue weighted by atomic mass is 16.6. The molecule has 33 heavy (non-hydrogen) atoms. The van der Waals surface area contributed by atoms with Crippen LogP contribution >= 0.6 is 0 Å². The van der Waals surface area contributed by atoms with Gasteiger partial charge in [0.1, 0.15) is 24.3 Å². The topological polar surface area (TPSA) is 84.9 Å². The average molecular weight is 453 g/mol. The van der Waals surface area contributed by atoms with Crippen molar-refractivity contribution in [3.63, 3.8) is 0 Å². The molecule has 1 heterocycles. The summed E-state index contributed by atoms with van der Waals surface area (Å²) >= 11 is 0. The van der Waals surface area contributed by atoms with Crippen molar-refractivity contribution in [1.82, 2.24) is 10.2 Å². The van der Waals surface area contributed by atoms with E-state index in [1.165, 1.54) is 4.90 Å². The highest BCUT2D eigenvalue weighted by Crippen LogP contribution is 2.33. The number of rotatable bonds is 6. The van der Waals surface area contributed by atoms with E-state index in [2.05, 4.69) is 5.32 Å². The van der Waals surface area contributed by atoms with Gasteiger partial charge in [0, 0.05) is 12.5 Å². The summed E-state index contributed by atoms with van der Waals surface area (Å²) in [6, 6.07) is 17.5. The van der Waals surface area contributed by atoms with Crippen molar-refractivity contribution < 1.29 is 23.9 Å². The van der Waals surface area contributed by atoms with Crippen LogP contribution in [0.4, 0.5) is 4.79 Å². The van der Waals surface area contributed by atoms with Crippen molar-refractivity contribution >= 4 is 18.0 Å². The van der Waals surface area contributed by atoms with E-state index in [1.54, 1.807) is 27.7 Å². The third-order valence-electron chi connectivity index (χ3n) is 5.44. The summed E-state index contributed by atoms with van der Waals surface area (Å²) in [6.07, 6.45) is -0.0960. The fourth-order valence-electron chi connectivity index (χ4n) is 3.80. The smallest absolute Gasteiger partial charge is 0.410 e. The van der Waals surface area contributed by atoms with Crippen LogP contribution in [0.15, 0.2) is 60.7 Å². The number of hydrogen-bond acceptors (Lipinski definition) is 5. The molecular formula is C26H32N2O5. The van der Waals surface area contributed by atoms with E-state index in [4.69, 9.17) is 9.47 Å². The molecular weight excluding hydrogens is 420 g/mol. The summed E-state index contributed by atoms with van der Waals surface area (Å²) in [4.78, 5) is 39.9. The van der Waals surface area contributed by atoms with Crippen LogP contribution in [-0.4, -0.2) is 47.1 Å². The number of carbonyl (C=O) groups is 3. The first-order chi connectivity index (χ1) is 15.6. The fraction of sp³-hybridized carbons (Fsp3) is 0.423. The maximum Gasteiger partial charge on any atom is 0.410 e. The number of ether oxygens (including phenoxy) is 2. The zero-order valence-corrected chi connectivity index (χ0v) is 19.6. The average Bonchev–Trinajstić information content (AvgIpc) is 3.23. The Bertz CT molecular complexity index is 956. The number of carbonyl (C=O) groups excluding carboxylic acids is 3. The van der Waals surface area contributed by atoms with Gasteiger partial charge < -0.3 is 14.8 Å². The summed E-state index contributed by atoms with van der Waals surface area (Å²) in [6.45, 7) is 7.43. The summed E-state index contributed by atoms with van der Waals surface area (Å²) in [5.41, 5.74) is 1.23. The van der Waals surface area contributed by atoms with E-state index in [9.17, 15) is 14.4 Å². The maximum atomic E-state index is 13.1. The molecule has 0 aromatic heterocycles. The number of amides is 2. The van der Waals surface area contributed by atoms with E-state index in [-0.39, 0.29) is 12.5 Å². The molecule has 0 bridgehead atoms. The summed E-state index contributed by atoms with van der Waals surface area (Å²) in [7, 11) is 0. The monoisotopic (exact) mass is 452 g/mol. The Labute approximate surface area is 195 Å². The van der Waals surface area contributed by atoms with Crippen LogP contribution in [0.3, 0.4) is 0 Å². The van der Waals surface area contributed by atoms with Gasteiger partial charge >= 0.3 is 12.1 Å². The Morgan fingerprint density at radius 2 is 1.64 bits per heavy atom. The third-order valence-corrected chi connectivity index (χ3v) is 5.44. The van der Waals surface area contributed by atoms with Crippen molar-refractivity contribution in [1.29, 1.82) is 0 Å². The fourth-order valence-corrected chi connectivity index (χ4v) is 3.80. The molecule has 2 amide bonds. The highest BCUT2D eigenvalue weighted by molar-refractivity contribution is 5.90. The minimum absolute atomic E-state index is 0.00481. The Balaban J connectivity index is 1.66. The van der Waals surface area contributed by atoms with E-state index in [0.717, 1.165) is 11.1 Å². The lowest BCUT2D eigenvalue weighted by atomic mass is 9.96. The molecule has 1 aliphatic heterocycles. The van der Waals surface area contributed by atoms with Crippen LogP contribution in [-0.2, 0) is 25.7 Å². The molecule has 176 valence electrons. The van der Waals surface area contributed by atoms with Crippen molar-refractivity contribution in [2.75, 3.05) is 6.54 Å². The number of esters is 1. The summed E-state index contributed by atoms with van der Waals surface area (Å²) < 4.78 is 10.9. The van der Waals surface area contributed by atoms with Gasteiger partial charge in [0.2, 0.25) is 5.91 Å². The zero-order valence-electron chi connectivity index (χ0n) is 19.6. The van der Waals surface area contributed by atoms with Crippen LogP contribution in [0.25, 0.3) is 0 Å². The van der Waals surface area contributed by atoms with E-state index in [0.29, 0.717) is 13.0 Å². The molecule has 2 aromatic rings. The summed E-state index contributed by atoms with van der Waals surface area (Å²) in [5, 5.41) is 2.71. The molecule has 2 aromatic carbocycles. The van der Waals surface area contributed by atoms with Crippen LogP contribution in [0.5, 0.6) is 0 Å². The van der Waals surface area contributed by atoms with Crippen LogP contribution in [0, 0.1) is 0 Å². The van der Waals surface area contributed by atoms with Gasteiger partial charge in [0.15, 0.2) is 0 Å². The van der Waals surface area contributed by atoms with Gasteiger partial charge in [-0.3, -0.25) is 9.69 Å². The van der Waals surface area contributed by atoms with E-state index >= 15 is 0 Å². The Morgan fingerprint density at radius 3 is 2.24 bits per heavy atom. The van der Waals surface area contributed by atoms with Gasteiger partial charge in [0.25, 0.3) is 0 Å². The Kier molecular flexibility index (Phi) is 7.74. The molecule has 0 spiro atoms. The SMILES string of the molecule is CC(NC(=O)[C@H]1C[C@H](c2ccccc2)CN1C(=O)OC(C)(C)C)C(=O)OCc1ccccc1. The molecule has 0 radical (unpaired) electrons. The maximum absolute atomic E-state index is 13.1. The molecule has 1 aliphatic rings. The molecule has 7 heteroatoms. The lowest BCUT2D eigenvalue weighted by Crippen LogP contribution is -2.51. The van der Waals surface area contributed by atoms with Crippen LogP contribution < -0.4 is 5.32 Å². The minimum atomic E-state index is -0.850. The van der Waals surface area contributed by atoms with Crippen molar-refractivity contribution in [2.24, 2.45) is 0 Å². The predicted octanol–water partition coefficient (Wildman–Crippen LogP) is 4.03. The lowest BCUT2D eigenvalue weighted by Gasteiger charge is -2.28. The number of benzene rings is 2. The molecule has 0 saturated carbocycles. The van der Waals surface area contributed by atoms with Gasteiger partial charge in [-0.25, -0.2) is 9.59 Å². The molecule has 1 N–H and O–H groups in total. The largest absolute Gasteiger partial charge is 0.459 e. The molecule has 1 unspecified atom stereocenters. The lowest BCUT2D eigenvalue weighted by molar-refractivity contribution is -0.149. The summed E-state index contributed by atoms with van der Waals surface area (Å²) in [5.74, 6) is -0.938. The molecule has 0 aliphatic carbocycles. The first kappa shape index (κ1) is 24.3. The van der Waals surface area contributed by atoms with Gasteiger partial charge in [-0.1, -0.05) is 60.7 Å². The Hall–Kier alpha value is -3.35. The van der Waals surface area contributed by atoms with Crippen LogP contribution in [0.1, 0.15) is 51.2 Å². The van der Waals surface area contributed by atoms with Gasteiger partial charge in [-0.2, -0.15) is 0 Å². The number of likely N-dealkylation sites (tertiary alicyclic amines) is 1. The van der Waals surface area contributed by atoms with Crippen molar-refractivity contribution in [3.05, 3.63) is 71.8 Å². The molecule has 3 atom stereocenters. The van der Waals surface area contributed by atoms with Gasteiger partial charge in [0.05, 0.1) is 0 Å². The second kappa shape index (κ2) is 10.5. The zero-order chi connectivity index (χ0) is 24.0. The van der Waals surface area contributed by atoms with Crippen LogP contribution in [0.2, 0.25) is 0 Å². The van der Waals surface area contributed by atoms with Crippen molar-refractivity contribution in [2.45, 2.75) is 64.3 Å². The molecule has 7 nitrogen and oxygen atoms in total. The third kappa shape index (κ3) is 6.81. The van der Waals surface area contributed by atoms with E-state index in [1.807, 2.05) is 60.7 Å². The first-order valence-electron chi connectivity index (χ1n) is 11.2. The number of nitrogens with one attached hydrogen (secondary N) is 1. The minimum Gasteiger partial charge on any atom is -0.459 e. The normalized spacial score (nSPS) is 19.0. The Morgan fingerprint density at radius 1 is 1.03 bits per heavy atom. The first-order valence-corrected chi connectivity index (χ1v) is 11.2. The van der Waals surface area contributed by atoms with E-state index < -0.39 is 35.7 Å². The number of hydrogen-bond donors (Lipinski definition) is 1. The predicted molar refractivity (Wildman–Crippen MR) is 124 cm³/mol. The standard InChI is InChI=1S/C26H32N2O5/c1-18(24(30)32-17-19-11-7-5-8-12-19)27-23(29)22-15-21(20-13-9-6-10-14-20)16-28(22)25(31)33-26(2,3)4/h5-14,18,21-22H,15-17H2,1-4H3,(H,27,29)/t18?,21-,22+/m0/s1. The molecule has 1 fully saturated rings. The molecule has 3 rings (SSSR count). The van der Waals surface area contributed by atoms with Crippen molar-refractivity contribution in [3.8, 4) is 0 Å². The van der Waals surface area contributed by atoms with Gasteiger partial charge in [-0.05, 0) is 45.2 Å². The number of nitrogens with zero attached hydrogens (tertiary/aromatic N) is 1. The van der Waals surface area contributed by atoms with Gasteiger partial charge in [-0.15, -0.1) is 0 Å². The second-order valence-corrected chi connectivity index (χ2v) is 9.32. The quantitative estimate of drug-likeness (QED) is 0.669. The molecule has 1 saturated heterocycles. The second-order valence-electron chi connectivity index (χ2n) is 9.32.